The van der Waals surface area contributed by atoms with Crippen LogP contribution in [0.3, 0.4) is 0 Å². The van der Waals surface area contributed by atoms with Crippen LogP contribution in [-0.2, 0) is 0 Å². The first kappa shape index (κ1) is 14.9. The van der Waals surface area contributed by atoms with Gasteiger partial charge in [0.2, 0.25) is 0 Å². The Balaban J connectivity index is 2.06. The fourth-order valence-corrected chi connectivity index (χ4v) is 3.79. The molecule has 1 saturated heterocycles. The first-order chi connectivity index (χ1) is 8.97. The van der Waals surface area contributed by atoms with Gasteiger partial charge in [-0.3, -0.25) is 0 Å². The number of benzene rings is 1. The Morgan fingerprint density at radius 1 is 1.16 bits per heavy atom. The van der Waals surface area contributed by atoms with Crippen LogP contribution >= 0.6 is 11.6 Å². The Morgan fingerprint density at radius 3 is 2.21 bits per heavy atom. The zero-order chi connectivity index (χ0) is 14.0. The van der Waals surface area contributed by atoms with Gasteiger partial charge in [0.15, 0.2) is 0 Å². The second kappa shape index (κ2) is 6.28. The highest BCUT2D eigenvalue weighted by atomic mass is 35.5. The summed E-state index contributed by atoms with van der Waals surface area (Å²) >= 11 is 6.70. The lowest BCUT2D eigenvalue weighted by Crippen LogP contribution is -2.35. The Kier molecular flexibility index (Phi) is 4.92. The number of likely N-dealkylation sites (tertiary alicyclic amines) is 1. The van der Waals surface area contributed by atoms with Crippen molar-refractivity contribution in [2.75, 3.05) is 19.6 Å². The molecule has 1 aromatic rings. The van der Waals surface area contributed by atoms with Crippen molar-refractivity contribution in [1.82, 2.24) is 4.90 Å². The lowest BCUT2D eigenvalue weighted by Gasteiger charge is -2.32. The van der Waals surface area contributed by atoms with E-state index in [-0.39, 0.29) is 5.38 Å². The molecule has 2 rings (SSSR count). The molecule has 0 spiro atoms. The normalized spacial score (nSPS) is 19.6. The van der Waals surface area contributed by atoms with Crippen molar-refractivity contribution in [2.45, 2.75) is 45.9 Å². The van der Waals surface area contributed by atoms with Gasteiger partial charge in [0.05, 0.1) is 5.38 Å². The van der Waals surface area contributed by atoms with Crippen LogP contribution in [0, 0.1) is 26.7 Å². The van der Waals surface area contributed by atoms with E-state index >= 15 is 0 Å². The van der Waals surface area contributed by atoms with Gasteiger partial charge < -0.3 is 4.90 Å². The fourth-order valence-electron chi connectivity index (χ4n) is 3.25. The van der Waals surface area contributed by atoms with E-state index in [9.17, 15) is 0 Å². The molecule has 1 aromatic carbocycles. The molecule has 19 heavy (non-hydrogen) atoms. The molecule has 0 radical (unpaired) electrons. The minimum atomic E-state index is 0.119. The van der Waals surface area contributed by atoms with Crippen LogP contribution in [0.1, 0.15) is 47.4 Å². The Bertz CT molecular complexity index is 410. The van der Waals surface area contributed by atoms with E-state index in [1.54, 1.807) is 0 Å². The molecule has 1 atom stereocenters. The Hall–Kier alpha value is -0.530. The van der Waals surface area contributed by atoms with Gasteiger partial charge in [-0.2, -0.15) is 0 Å². The van der Waals surface area contributed by atoms with Crippen LogP contribution in [0.5, 0.6) is 0 Å². The average molecular weight is 280 g/mol. The van der Waals surface area contributed by atoms with E-state index in [1.807, 2.05) is 0 Å². The first-order valence-corrected chi connectivity index (χ1v) is 7.85. The van der Waals surface area contributed by atoms with Crippen LogP contribution in [0.4, 0.5) is 0 Å². The van der Waals surface area contributed by atoms with E-state index in [1.165, 1.54) is 48.2 Å². The molecule has 1 nitrogen and oxygen atoms in total. The molecule has 0 aromatic heterocycles. The smallest absolute Gasteiger partial charge is 0.0717 e. The highest BCUT2D eigenvalue weighted by Crippen LogP contribution is 2.30. The van der Waals surface area contributed by atoms with Crippen molar-refractivity contribution in [3.05, 3.63) is 34.4 Å². The van der Waals surface area contributed by atoms with Gasteiger partial charge in [-0.25, -0.2) is 0 Å². The molecule has 2 heteroatoms. The maximum absolute atomic E-state index is 6.70. The quantitative estimate of drug-likeness (QED) is 0.730. The van der Waals surface area contributed by atoms with Gasteiger partial charge in [-0.1, -0.05) is 24.6 Å². The lowest BCUT2D eigenvalue weighted by atomic mass is 9.95. The van der Waals surface area contributed by atoms with Gasteiger partial charge in [0.25, 0.3) is 0 Å². The monoisotopic (exact) mass is 279 g/mol. The predicted molar refractivity (Wildman–Crippen MR) is 84.1 cm³/mol. The van der Waals surface area contributed by atoms with Crippen molar-refractivity contribution in [2.24, 2.45) is 5.92 Å². The summed E-state index contributed by atoms with van der Waals surface area (Å²) in [5, 5.41) is 0.119. The van der Waals surface area contributed by atoms with Gasteiger partial charge in [0.1, 0.15) is 0 Å². The molecule has 0 aliphatic carbocycles. The zero-order valence-corrected chi connectivity index (χ0v) is 13.4. The first-order valence-electron chi connectivity index (χ1n) is 7.41. The summed E-state index contributed by atoms with van der Waals surface area (Å²) in [5.41, 5.74) is 5.34. The summed E-state index contributed by atoms with van der Waals surface area (Å²) in [5.74, 6) is 0.882. The maximum Gasteiger partial charge on any atom is 0.0717 e. The largest absolute Gasteiger partial charge is 0.302 e. The van der Waals surface area contributed by atoms with Gasteiger partial charge in [-0.05, 0) is 69.3 Å². The Morgan fingerprint density at radius 2 is 1.68 bits per heavy atom. The molecule has 1 fully saturated rings. The van der Waals surface area contributed by atoms with Crippen LogP contribution < -0.4 is 0 Å². The number of piperidine rings is 1. The van der Waals surface area contributed by atoms with E-state index in [0.29, 0.717) is 0 Å². The van der Waals surface area contributed by atoms with Gasteiger partial charge in [-0.15, -0.1) is 11.6 Å². The van der Waals surface area contributed by atoms with E-state index in [2.05, 4.69) is 44.7 Å². The summed E-state index contributed by atoms with van der Waals surface area (Å²) in [4.78, 5) is 2.52. The lowest BCUT2D eigenvalue weighted by molar-refractivity contribution is 0.192. The molecule has 106 valence electrons. The molecule has 1 aliphatic rings. The second-order valence-electron chi connectivity index (χ2n) is 6.26. The van der Waals surface area contributed by atoms with Gasteiger partial charge >= 0.3 is 0 Å². The van der Waals surface area contributed by atoms with Crippen molar-refractivity contribution in [3.8, 4) is 0 Å². The number of halogens is 1. The van der Waals surface area contributed by atoms with Crippen LogP contribution in [0.25, 0.3) is 0 Å². The van der Waals surface area contributed by atoms with Crippen molar-refractivity contribution >= 4 is 11.6 Å². The second-order valence-corrected chi connectivity index (χ2v) is 6.79. The van der Waals surface area contributed by atoms with E-state index in [0.717, 1.165) is 12.5 Å². The number of aryl methyl sites for hydroxylation is 3. The molecule has 0 amide bonds. The summed E-state index contributed by atoms with van der Waals surface area (Å²) < 4.78 is 0. The highest BCUT2D eigenvalue weighted by Gasteiger charge is 2.21. The summed E-state index contributed by atoms with van der Waals surface area (Å²) in [7, 11) is 0. The topological polar surface area (TPSA) is 3.24 Å². The highest BCUT2D eigenvalue weighted by molar-refractivity contribution is 6.21. The average Bonchev–Trinajstić information content (AvgIpc) is 2.30. The summed E-state index contributed by atoms with van der Waals surface area (Å²) in [6.45, 7) is 12.3. The number of nitrogens with zero attached hydrogens (tertiary/aromatic N) is 1. The number of alkyl halides is 1. The maximum atomic E-state index is 6.70. The molecule has 0 N–H and O–H groups in total. The minimum absolute atomic E-state index is 0.119. The van der Waals surface area contributed by atoms with E-state index < -0.39 is 0 Å². The SMILES string of the molecule is Cc1cc(C)c(C(Cl)CN2CCC(C)CC2)c(C)c1. The third-order valence-electron chi connectivity index (χ3n) is 4.35. The standard InChI is InChI=1S/C17H26ClN/c1-12-5-7-19(8-6-12)11-16(18)17-14(3)9-13(2)10-15(17)4/h9-10,12,16H,5-8,11H2,1-4H3. The number of hydrogen-bond donors (Lipinski definition) is 0. The van der Waals surface area contributed by atoms with E-state index in [4.69, 9.17) is 11.6 Å². The van der Waals surface area contributed by atoms with Crippen molar-refractivity contribution < 1.29 is 0 Å². The third-order valence-corrected chi connectivity index (χ3v) is 4.70. The molecule has 1 unspecified atom stereocenters. The Labute approximate surface area is 123 Å². The predicted octanol–water partition coefficient (Wildman–Crippen LogP) is 4.62. The van der Waals surface area contributed by atoms with Crippen LogP contribution in [-0.4, -0.2) is 24.5 Å². The van der Waals surface area contributed by atoms with Crippen molar-refractivity contribution in [1.29, 1.82) is 0 Å². The molecular weight excluding hydrogens is 254 g/mol. The molecule has 0 bridgehead atoms. The van der Waals surface area contributed by atoms with Gasteiger partial charge in [0, 0.05) is 6.54 Å². The van der Waals surface area contributed by atoms with Crippen LogP contribution in [0.15, 0.2) is 12.1 Å². The molecule has 1 heterocycles. The fraction of sp³-hybridized carbons (Fsp3) is 0.647. The summed E-state index contributed by atoms with van der Waals surface area (Å²) in [6.07, 6.45) is 2.63. The zero-order valence-electron chi connectivity index (χ0n) is 12.7. The minimum Gasteiger partial charge on any atom is -0.302 e. The third kappa shape index (κ3) is 3.73. The molecule has 0 saturated carbocycles. The van der Waals surface area contributed by atoms with Crippen molar-refractivity contribution in [3.63, 3.8) is 0 Å². The molecular formula is C17H26ClN. The molecule has 1 aliphatic heterocycles. The number of hydrogen-bond acceptors (Lipinski definition) is 1. The van der Waals surface area contributed by atoms with Crippen LogP contribution in [0.2, 0.25) is 0 Å². The number of rotatable bonds is 3. The summed E-state index contributed by atoms with van der Waals surface area (Å²) in [6, 6.07) is 4.49.